The largest absolute Gasteiger partial charge is 0.481 e. The lowest BCUT2D eigenvalue weighted by molar-refractivity contribution is -0.137. The quantitative estimate of drug-likeness (QED) is 0.882. The van der Waals surface area contributed by atoms with Gasteiger partial charge in [-0.3, -0.25) is 4.79 Å². The van der Waals surface area contributed by atoms with E-state index in [4.69, 9.17) is 10.8 Å². The molecule has 0 heterocycles. The number of halogens is 1. The molecule has 1 atom stereocenters. The van der Waals surface area contributed by atoms with Gasteiger partial charge >= 0.3 is 5.97 Å². The average molecular weight is 252 g/mol. The lowest BCUT2D eigenvalue weighted by Gasteiger charge is -2.12. The minimum absolute atomic E-state index is 0. The van der Waals surface area contributed by atoms with Crippen molar-refractivity contribution in [3.8, 4) is 0 Å². The van der Waals surface area contributed by atoms with Gasteiger partial charge in [0, 0.05) is 6.04 Å². The third-order valence-corrected chi connectivity index (χ3v) is 2.62. The number of benzene rings is 2. The van der Waals surface area contributed by atoms with Crippen LogP contribution in [0.4, 0.5) is 0 Å². The highest BCUT2D eigenvalue weighted by Crippen LogP contribution is 2.24. The molecule has 0 aromatic heterocycles. The summed E-state index contributed by atoms with van der Waals surface area (Å²) in [7, 11) is 0. The number of carboxylic acids is 1. The van der Waals surface area contributed by atoms with Gasteiger partial charge < -0.3 is 10.8 Å². The maximum absolute atomic E-state index is 10.6. The molecule has 0 fully saturated rings. The first-order valence-electron chi connectivity index (χ1n) is 5.13. The SMILES string of the molecule is Cl.NC(CC(=O)O)c1cccc2ccccc12. The first-order valence-corrected chi connectivity index (χ1v) is 5.13. The third kappa shape index (κ3) is 2.96. The molecule has 90 valence electrons. The Kier molecular flexibility index (Phi) is 4.49. The van der Waals surface area contributed by atoms with E-state index in [9.17, 15) is 4.79 Å². The van der Waals surface area contributed by atoms with Crippen LogP contribution in [-0.2, 0) is 4.79 Å². The molecular weight excluding hydrogens is 238 g/mol. The van der Waals surface area contributed by atoms with Gasteiger partial charge in [0.25, 0.3) is 0 Å². The molecule has 0 aliphatic carbocycles. The predicted molar refractivity (Wildman–Crippen MR) is 70.4 cm³/mol. The molecule has 2 rings (SSSR count). The molecule has 1 unspecified atom stereocenters. The van der Waals surface area contributed by atoms with E-state index >= 15 is 0 Å². The Bertz CT molecular complexity index is 522. The molecular formula is C13H14ClNO2. The molecule has 0 amide bonds. The lowest BCUT2D eigenvalue weighted by atomic mass is 9.97. The Morgan fingerprint density at radius 2 is 1.82 bits per heavy atom. The second-order valence-electron chi connectivity index (χ2n) is 3.77. The minimum Gasteiger partial charge on any atom is -0.481 e. The van der Waals surface area contributed by atoms with Crippen molar-refractivity contribution < 1.29 is 9.90 Å². The number of carbonyl (C=O) groups is 1. The monoisotopic (exact) mass is 251 g/mol. The van der Waals surface area contributed by atoms with Crippen molar-refractivity contribution in [1.29, 1.82) is 0 Å². The molecule has 0 saturated heterocycles. The summed E-state index contributed by atoms with van der Waals surface area (Å²) in [6.07, 6.45) is -0.0476. The first-order chi connectivity index (χ1) is 7.68. The van der Waals surface area contributed by atoms with E-state index < -0.39 is 12.0 Å². The fourth-order valence-corrected chi connectivity index (χ4v) is 1.87. The van der Waals surface area contributed by atoms with Crippen LogP contribution in [0.5, 0.6) is 0 Å². The summed E-state index contributed by atoms with van der Waals surface area (Å²) in [5.74, 6) is -0.875. The summed E-state index contributed by atoms with van der Waals surface area (Å²) in [6, 6.07) is 13.2. The van der Waals surface area contributed by atoms with Gasteiger partial charge in [-0.25, -0.2) is 0 Å². The highest BCUT2D eigenvalue weighted by atomic mass is 35.5. The number of carboxylic acid groups (broad SMARTS) is 1. The maximum atomic E-state index is 10.6. The van der Waals surface area contributed by atoms with Crippen molar-refractivity contribution in [1.82, 2.24) is 0 Å². The summed E-state index contributed by atoms with van der Waals surface area (Å²) in [4.78, 5) is 10.6. The number of fused-ring (bicyclic) bond motifs is 1. The van der Waals surface area contributed by atoms with Gasteiger partial charge in [0.15, 0.2) is 0 Å². The van der Waals surface area contributed by atoms with Crippen molar-refractivity contribution in [2.45, 2.75) is 12.5 Å². The van der Waals surface area contributed by atoms with Crippen LogP contribution in [0.25, 0.3) is 10.8 Å². The molecule has 4 heteroatoms. The van der Waals surface area contributed by atoms with Crippen LogP contribution in [-0.4, -0.2) is 11.1 Å². The zero-order valence-corrected chi connectivity index (χ0v) is 9.98. The highest BCUT2D eigenvalue weighted by Gasteiger charge is 2.12. The van der Waals surface area contributed by atoms with Gasteiger partial charge in [-0.2, -0.15) is 0 Å². The van der Waals surface area contributed by atoms with Crippen LogP contribution in [0.15, 0.2) is 42.5 Å². The fourth-order valence-electron chi connectivity index (χ4n) is 1.87. The molecule has 17 heavy (non-hydrogen) atoms. The van der Waals surface area contributed by atoms with Gasteiger partial charge in [0.1, 0.15) is 0 Å². The van der Waals surface area contributed by atoms with Crippen molar-refractivity contribution in [2.24, 2.45) is 5.73 Å². The second-order valence-corrected chi connectivity index (χ2v) is 3.77. The number of hydrogen-bond donors (Lipinski definition) is 2. The van der Waals surface area contributed by atoms with E-state index in [2.05, 4.69) is 0 Å². The Hall–Kier alpha value is -1.58. The van der Waals surface area contributed by atoms with Gasteiger partial charge in [0.05, 0.1) is 6.42 Å². The number of nitrogens with two attached hydrogens (primary N) is 1. The van der Waals surface area contributed by atoms with Crippen LogP contribution < -0.4 is 5.73 Å². The van der Waals surface area contributed by atoms with Crippen molar-refractivity contribution in [2.75, 3.05) is 0 Å². The number of rotatable bonds is 3. The zero-order chi connectivity index (χ0) is 11.5. The summed E-state index contributed by atoms with van der Waals surface area (Å²) in [5.41, 5.74) is 6.77. The Morgan fingerprint density at radius 1 is 1.18 bits per heavy atom. The first kappa shape index (κ1) is 13.5. The standard InChI is InChI=1S/C13H13NO2.ClH/c14-12(8-13(15)16)11-7-3-5-9-4-1-2-6-10(9)11;/h1-7,12H,8,14H2,(H,15,16);1H. The van der Waals surface area contributed by atoms with Crippen LogP contribution in [0.3, 0.4) is 0 Å². The van der Waals surface area contributed by atoms with E-state index in [-0.39, 0.29) is 18.8 Å². The Labute approximate surface area is 106 Å². The van der Waals surface area contributed by atoms with Gasteiger partial charge in [-0.1, -0.05) is 42.5 Å². The summed E-state index contributed by atoms with van der Waals surface area (Å²) in [5, 5.41) is 10.8. The summed E-state index contributed by atoms with van der Waals surface area (Å²) in [6.45, 7) is 0. The van der Waals surface area contributed by atoms with Crippen molar-refractivity contribution >= 4 is 29.1 Å². The van der Waals surface area contributed by atoms with E-state index in [1.54, 1.807) is 0 Å². The van der Waals surface area contributed by atoms with Crippen LogP contribution in [0.1, 0.15) is 18.0 Å². The Morgan fingerprint density at radius 3 is 2.53 bits per heavy atom. The van der Waals surface area contributed by atoms with E-state index in [1.165, 1.54) is 0 Å². The molecule has 0 radical (unpaired) electrons. The summed E-state index contributed by atoms with van der Waals surface area (Å²) < 4.78 is 0. The van der Waals surface area contributed by atoms with Crippen molar-refractivity contribution in [3.05, 3.63) is 48.0 Å². The number of aliphatic carboxylic acids is 1. The maximum Gasteiger partial charge on any atom is 0.305 e. The van der Waals surface area contributed by atoms with E-state index in [1.807, 2.05) is 42.5 Å². The molecule has 3 N–H and O–H groups in total. The lowest BCUT2D eigenvalue weighted by Crippen LogP contribution is -2.15. The average Bonchev–Trinajstić information content (AvgIpc) is 2.27. The molecule has 0 aliphatic heterocycles. The molecule has 0 spiro atoms. The van der Waals surface area contributed by atoms with E-state index in [0.29, 0.717) is 0 Å². The highest BCUT2D eigenvalue weighted by molar-refractivity contribution is 5.86. The molecule has 3 nitrogen and oxygen atoms in total. The zero-order valence-electron chi connectivity index (χ0n) is 9.17. The van der Waals surface area contributed by atoms with Crippen molar-refractivity contribution in [3.63, 3.8) is 0 Å². The molecule has 0 saturated carbocycles. The van der Waals surface area contributed by atoms with Gasteiger partial charge in [-0.05, 0) is 16.3 Å². The molecule has 2 aromatic carbocycles. The topological polar surface area (TPSA) is 63.3 Å². The predicted octanol–water partition coefficient (Wildman–Crippen LogP) is 2.74. The van der Waals surface area contributed by atoms with Crippen LogP contribution >= 0.6 is 12.4 Å². The fraction of sp³-hybridized carbons (Fsp3) is 0.154. The normalized spacial score (nSPS) is 11.8. The van der Waals surface area contributed by atoms with Gasteiger partial charge in [0.2, 0.25) is 0 Å². The molecule has 0 bridgehead atoms. The number of hydrogen-bond acceptors (Lipinski definition) is 2. The minimum atomic E-state index is -0.875. The van der Waals surface area contributed by atoms with Crippen LogP contribution in [0, 0.1) is 0 Å². The second kappa shape index (κ2) is 5.66. The summed E-state index contributed by atoms with van der Waals surface area (Å²) >= 11 is 0. The molecule has 2 aromatic rings. The third-order valence-electron chi connectivity index (χ3n) is 2.62. The smallest absolute Gasteiger partial charge is 0.305 e. The Balaban J connectivity index is 0.00000144. The van der Waals surface area contributed by atoms with Crippen LogP contribution in [0.2, 0.25) is 0 Å². The van der Waals surface area contributed by atoms with Gasteiger partial charge in [-0.15, -0.1) is 12.4 Å². The van der Waals surface area contributed by atoms with E-state index in [0.717, 1.165) is 16.3 Å². The molecule has 0 aliphatic rings.